The zero-order valence-electron chi connectivity index (χ0n) is 14.2. The number of nitrogens with zero attached hydrogens (tertiary/aromatic N) is 3. The van der Waals surface area contributed by atoms with E-state index < -0.39 is 0 Å². The van der Waals surface area contributed by atoms with Crippen molar-refractivity contribution in [2.24, 2.45) is 0 Å². The molecule has 134 valence electrons. The van der Waals surface area contributed by atoms with Crippen LogP contribution in [0.3, 0.4) is 0 Å². The lowest BCUT2D eigenvalue weighted by Crippen LogP contribution is -2.05. The number of aromatic nitrogens is 3. The van der Waals surface area contributed by atoms with Crippen molar-refractivity contribution in [3.05, 3.63) is 59.4 Å². The van der Waals surface area contributed by atoms with Crippen molar-refractivity contribution in [1.82, 2.24) is 14.8 Å². The minimum absolute atomic E-state index is 0.0448. The maximum absolute atomic E-state index is 12.5. The summed E-state index contributed by atoms with van der Waals surface area (Å²) in [5.41, 5.74) is 1.38. The van der Waals surface area contributed by atoms with Crippen molar-refractivity contribution >= 4 is 29.1 Å². The summed E-state index contributed by atoms with van der Waals surface area (Å²) >= 11 is 7.34. The predicted octanol–water partition coefficient (Wildman–Crippen LogP) is 3.91. The zero-order chi connectivity index (χ0) is 18.5. The smallest absolute Gasteiger partial charge is 0.196 e. The van der Waals surface area contributed by atoms with Gasteiger partial charge in [0.2, 0.25) is 0 Å². The molecule has 0 amide bonds. The molecule has 6 nitrogen and oxygen atoms in total. The summed E-state index contributed by atoms with van der Waals surface area (Å²) in [5.74, 6) is 1.27. The summed E-state index contributed by atoms with van der Waals surface area (Å²) in [6.45, 7) is 0. The van der Waals surface area contributed by atoms with Gasteiger partial charge in [0.05, 0.1) is 25.7 Å². The fourth-order valence-electron chi connectivity index (χ4n) is 2.35. The molecule has 0 saturated carbocycles. The Morgan fingerprint density at radius 2 is 1.96 bits per heavy atom. The van der Waals surface area contributed by atoms with Crippen molar-refractivity contribution in [3.8, 4) is 17.2 Å². The molecule has 1 heterocycles. The van der Waals surface area contributed by atoms with E-state index in [0.29, 0.717) is 27.2 Å². The number of carbonyl (C=O) groups excluding carboxylic acids is 1. The number of carbonyl (C=O) groups is 1. The van der Waals surface area contributed by atoms with E-state index in [2.05, 4.69) is 10.2 Å². The van der Waals surface area contributed by atoms with Crippen LogP contribution in [0.5, 0.6) is 11.5 Å². The molecule has 1 aromatic heterocycles. The van der Waals surface area contributed by atoms with Crippen LogP contribution in [0.2, 0.25) is 5.02 Å². The number of ketones is 1. The van der Waals surface area contributed by atoms with Gasteiger partial charge < -0.3 is 9.47 Å². The second kappa shape index (κ2) is 8.25. The lowest BCUT2D eigenvalue weighted by Gasteiger charge is -2.09. The maximum Gasteiger partial charge on any atom is 0.196 e. The zero-order valence-corrected chi connectivity index (χ0v) is 15.8. The van der Waals surface area contributed by atoms with Crippen LogP contribution in [-0.4, -0.2) is 40.5 Å². The first kappa shape index (κ1) is 18.3. The summed E-state index contributed by atoms with van der Waals surface area (Å²) in [5, 5.41) is 9.25. The van der Waals surface area contributed by atoms with E-state index in [-0.39, 0.29) is 11.5 Å². The number of benzene rings is 2. The third-order valence-electron chi connectivity index (χ3n) is 3.64. The highest BCUT2D eigenvalue weighted by atomic mass is 35.5. The largest absolute Gasteiger partial charge is 0.493 e. The van der Waals surface area contributed by atoms with Gasteiger partial charge in [-0.1, -0.05) is 29.4 Å². The summed E-state index contributed by atoms with van der Waals surface area (Å²) in [6, 6.07) is 12.4. The fourth-order valence-corrected chi connectivity index (χ4v) is 3.36. The Labute approximate surface area is 160 Å². The molecule has 0 aliphatic carbocycles. The van der Waals surface area contributed by atoms with E-state index >= 15 is 0 Å². The van der Waals surface area contributed by atoms with Gasteiger partial charge in [-0.2, -0.15) is 0 Å². The van der Waals surface area contributed by atoms with Gasteiger partial charge in [-0.3, -0.25) is 9.36 Å². The molecular weight excluding hydrogens is 374 g/mol. The van der Waals surface area contributed by atoms with Crippen LogP contribution in [0.4, 0.5) is 0 Å². The molecular formula is C18H16ClN3O3S. The second-order valence-electron chi connectivity index (χ2n) is 5.25. The standard InChI is InChI=1S/C18H16ClN3O3S/c1-24-16-7-6-12(8-17(16)25-2)15(23)10-26-18-21-20-11-22(18)14-5-3-4-13(19)9-14/h3-9,11H,10H2,1-2H3. The van der Waals surface area contributed by atoms with Crippen LogP contribution < -0.4 is 9.47 Å². The summed E-state index contributed by atoms with van der Waals surface area (Å²) in [7, 11) is 3.09. The average Bonchev–Trinajstić information content (AvgIpc) is 3.14. The van der Waals surface area contributed by atoms with Crippen molar-refractivity contribution in [3.63, 3.8) is 0 Å². The Morgan fingerprint density at radius 3 is 2.69 bits per heavy atom. The third kappa shape index (κ3) is 4.00. The quantitative estimate of drug-likeness (QED) is 0.451. The number of hydrogen-bond acceptors (Lipinski definition) is 6. The number of methoxy groups -OCH3 is 2. The number of thioether (sulfide) groups is 1. The summed E-state index contributed by atoms with van der Waals surface area (Å²) in [4.78, 5) is 12.5. The van der Waals surface area contributed by atoms with Gasteiger partial charge >= 0.3 is 0 Å². The lowest BCUT2D eigenvalue weighted by atomic mass is 10.1. The Morgan fingerprint density at radius 1 is 1.15 bits per heavy atom. The van der Waals surface area contributed by atoms with Gasteiger partial charge in [0.1, 0.15) is 6.33 Å². The molecule has 0 radical (unpaired) electrons. The molecule has 0 N–H and O–H groups in total. The van der Waals surface area contributed by atoms with E-state index in [1.807, 2.05) is 18.2 Å². The van der Waals surface area contributed by atoms with E-state index in [1.165, 1.54) is 18.9 Å². The molecule has 0 spiro atoms. The van der Waals surface area contributed by atoms with E-state index in [4.69, 9.17) is 21.1 Å². The number of hydrogen-bond donors (Lipinski definition) is 0. The molecule has 0 atom stereocenters. The maximum atomic E-state index is 12.5. The summed E-state index contributed by atoms with van der Waals surface area (Å²) in [6.07, 6.45) is 1.59. The minimum atomic E-state index is -0.0448. The van der Waals surface area contributed by atoms with Gasteiger partial charge in [-0.05, 0) is 36.4 Å². The first-order chi connectivity index (χ1) is 12.6. The molecule has 3 aromatic rings. The Kier molecular flexibility index (Phi) is 5.80. The van der Waals surface area contributed by atoms with Gasteiger partial charge in [0, 0.05) is 10.6 Å². The van der Waals surface area contributed by atoms with Crippen LogP contribution >= 0.6 is 23.4 Å². The van der Waals surface area contributed by atoms with Gasteiger partial charge in [0.15, 0.2) is 22.4 Å². The molecule has 0 unspecified atom stereocenters. The highest BCUT2D eigenvalue weighted by Gasteiger charge is 2.14. The lowest BCUT2D eigenvalue weighted by molar-refractivity contribution is 0.102. The molecule has 3 rings (SSSR count). The molecule has 0 saturated heterocycles. The normalized spacial score (nSPS) is 10.6. The van der Waals surface area contributed by atoms with Crippen molar-refractivity contribution < 1.29 is 14.3 Å². The molecule has 0 fully saturated rings. The molecule has 0 aliphatic heterocycles. The van der Waals surface area contributed by atoms with Crippen LogP contribution in [0.15, 0.2) is 53.9 Å². The molecule has 2 aromatic carbocycles. The van der Waals surface area contributed by atoms with Crippen LogP contribution in [0.25, 0.3) is 5.69 Å². The fraction of sp³-hybridized carbons (Fsp3) is 0.167. The average molecular weight is 390 g/mol. The van der Waals surface area contributed by atoms with Gasteiger partial charge in [-0.15, -0.1) is 10.2 Å². The monoisotopic (exact) mass is 389 g/mol. The van der Waals surface area contributed by atoms with Crippen LogP contribution in [-0.2, 0) is 0 Å². The first-order valence-corrected chi connectivity index (χ1v) is 9.02. The van der Waals surface area contributed by atoms with E-state index in [9.17, 15) is 4.79 Å². The minimum Gasteiger partial charge on any atom is -0.493 e. The van der Waals surface area contributed by atoms with Crippen LogP contribution in [0, 0.1) is 0 Å². The molecule has 26 heavy (non-hydrogen) atoms. The first-order valence-electron chi connectivity index (χ1n) is 7.66. The van der Waals surface area contributed by atoms with E-state index in [0.717, 1.165) is 5.69 Å². The second-order valence-corrected chi connectivity index (χ2v) is 6.62. The van der Waals surface area contributed by atoms with Gasteiger partial charge in [0.25, 0.3) is 0 Å². The number of Topliss-reactive ketones (excluding diaryl/α,β-unsaturated/α-hetero) is 1. The Hall–Kier alpha value is -2.51. The number of rotatable bonds is 7. The molecule has 0 aliphatic rings. The van der Waals surface area contributed by atoms with E-state index in [1.54, 1.807) is 42.3 Å². The number of halogens is 1. The SMILES string of the molecule is COc1ccc(C(=O)CSc2nncn2-c2cccc(Cl)c2)cc1OC. The Balaban J connectivity index is 1.74. The third-order valence-corrected chi connectivity index (χ3v) is 4.82. The van der Waals surface area contributed by atoms with Gasteiger partial charge in [-0.25, -0.2) is 0 Å². The van der Waals surface area contributed by atoms with Crippen molar-refractivity contribution in [1.29, 1.82) is 0 Å². The topological polar surface area (TPSA) is 66.2 Å². The molecule has 0 bridgehead atoms. The highest BCUT2D eigenvalue weighted by Crippen LogP contribution is 2.29. The van der Waals surface area contributed by atoms with Crippen molar-refractivity contribution in [2.45, 2.75) is 5.16 Å². The Bertz CT molecular complexity index is 930. The number of ether oxygens (including phenoxy) is 2. The summed E-state index contributed by atoms with van der Waals surface area (Å²) < 4.78 is 12.2. The van der Waals surface area contributed by atoms with Crippen LogP contribution in [0.1, 0.15) is 10.4 Å². The molecule has 8 heteroatoms. The van der Waals surface area contributed by atoms with Crippen molar-refractivity contribution in [2.75, 3.05) is 20.0 Å². The predicted molar refractivity (Wildman–Crippen MR) is 101 cm³/mol. The highest BCUT2D eigenvalue weighted by molar-refractivity contribution is 7.99.